The van der Waals surface area contributed by atoms with Crippen molar-refractivity contribution in [3.63, 3.8) is 0 Å². The average Bonchev–Trinajstić information content (AvgIpc) is 3.10. The van der Waals surface area contributed by atoms with Crippen LogP contribution in [0.25, 0.3) is 10.6 Å². The molecule has 0 saturated carbocycles. The lowest BCUT2D eigenvalue weighted by atomic mass is 10.1. The van der Waals surface area contributed by atoms with Crippen LogP contribution in [0.3, 0.4) is 0 Å². The summed E-state index contributed by atoms with van der Waals surface area (Å²) in [6.45, 7) is 0. The van der Waals surface area contributed by atoms with Gasteiger partial charge in [0.25, 0.3) is 0 Å². The summed E-state index contributed by atoms with van der Waals surface area (Å²) in [5.74, 6) is -1.87. The predicted octanol–water partition coefficient (Wildman–Crippen LogP) is 3.30. The molecular weight excluding hydrogens is 367 g/mol. The van der Waals surface area contributed by atoms with Gasteiger partial charge >= 0.3 is 5.97 Å². The van der Waals surface area contributed by atoms with Gasteiger partial charge in [0.1, 0.15) is 16.9 Å². The monoisotopic (exact) mass is 384 g/mol. The molecule has 0 unspecified atom stereocenters. The number of nitrogens with one attached hydrogen (secondary N) is 1. The fourth-order valence-electron chi connectivity index (χ4n) is 2.60. The number of amides is 1. The largest absolute Gasteiger partial charge is 0.480 e. The minimum Gasteiger partial charge on any atom is -0.480 e. The van der Waals surface area contributed by atoms with Gasteiger partial charge in [-0.15, -0.1) is 11.3 Å². The summed E-state index contributed by atoms with van der Waals surface area (Å²) in [6.07, 6.45) is 0.165. The number of benzene rings is 2. The van der Waals surface area contributed by atoms with E-state index >= 15 is 0 Å². The first-order valence-electron chi connectivity index (χ1n) is 8.27. The van der Waals surface area contributed by atoms with Crippen LogP contribution in [-0.4, -0.2) is 28.0 Å². The maximum absolute atomic E-state index is 13.3. The number of thiazole rings is 1. The zero-order valence-electron chi connectivity index (χ0n) is 14.3. The molecule has 1 amide bonds. The maximum Gasteiger partial charge on any atom is 0.326 e. The summed E-state index contributed by atoms with van der Waals surface area (Å²) in [4.78, 5) is 28.0. The number of hydrogen-bond donors (Lipinski definition) is 2. The summed E-state index contributed by atoms with van der Waals surface area (Å²) < 4.78 is 13.3. The van der Waals surface area contributed by atoms with Crippen LogP contribution in [0.15, 0.2) is 60.0 Å². The van der Waals surface area contributed by atoms with E-state index in [4.69, 9.17) is 0 Å². The van der Waals surface area contributed by atoms with E-state index in [1.54, 1.807) is 17.5 Å². The second-order valence-electron chi connectivity index (χ2n) is 5.98. The molecule has 0 bridgehead atoms. The molecule has 0 spiro atoms. The molecule has 3 aromatic rings. The maximum atomic E-state index is 13.3. The lowest BCUT2D eigenvalue weighted by Gasteiger charge is -2.14. The van der Waals surface area contributed by atoms with Gasteiger partial charge in [-0.1, -0.05) is 42.5 Å². The number of carbonyl (C=O) groups excluding carboxylic acids is 1. The van der Waals surface area contributed by atoms with Gasteiger partial charge < -0.3 is 10.4 Å². The summed E-state index contributed by atoms with van der Waals surface area (Å²) >= 11 is 1.31. The smallest absolute Gasteiger partial charge is 0.326 e. The number of carbonyl (C=O) groups is 2. The van der Waals surface area contributed by atoms with E-state index in [1.165, 1.54) is 23.5 Å². The van der Waals surface area contributed by atoms with Crippen LogP contribution in [0.4, 0.5) is 4.39 Å². The van der Waals surface area contributed by atoms with E-state index in [2.05, 4.69) is 10.3 Å². The summed E-state index contributed by atoms with van der Waals surface area (Å²) in [6, 6.07) is 14.2. The summed E-state index contributed by atoms with van der Waals surface area (Å²) in [5, 5.41) is 14.2. The van der Waals surface area contributed by atoms with Crippen molar-refractivity contribution in [2.75, 3.05) is 0 Å². The van der Waals surface area contributed by atoms with Crippen LogP contribution in [0.5, 0.6) is 0 Å². The molecule has 1 heterocycles. The fraction of sp³-hybridized carbons (Fsp3) is 0.150. The van der Waals surface area contributed by atoms with E-state index in [0.29, 0.717) is 16.3 Å². The van der Waals surface area contributed by atoms with Gasteiger partial charge in [-0.2, -0.15) is 0 Å². The van der Waals surface area contributed by atoms with Gasteiger partial charge in [0.2, 0.25) is 5.91 Å². The highest BCUT2D eigenvalue weighted by molar-refractivity contribution is 7.13. The molecule has 0 aliphatic heterocycles. The lowest BCUT2D eigenvalue weighted by molar-refractivity contribution is -0.141. The Morgan fingerprint density at radius 2 is 1.93 bits per heavy atom. The van der Waals surface area contributed by atoms with Crippen LogP contribution >= 0.6 is 11.3 Å². The first-order chi connectivity index (χ1) is 13.0. The molecule has 0 radical (unpaired) electrons. The Morgan fingerprint density at radius 1 is 1.15 bits per heavy atom. The third-order valence-corrected chi connectivity index (χ3v) is 4.82. The van der Waals surface area contributed by atoms with Gasteiger partial charge in [-0.25, -0.2) is 14.2 Å². The van der Waals surface area contributed by atoms with Crippen molar-refractivity contribution in [1.82, 2.24) is 10.3 Å². The zero-order chi connectivity index (χ0) is 19.2. The summed E-state index contributed by atoms with van der Waals surface area (Å²) in [5.41, 5.74) is 1.98. The predicted molar refractivity (Wildman–Crippen MR) is 101 cm³/mol. The second-order valence-corrected chi connectivity index (χ2v) is 6.84. The van der Waals surface area contributed by atoms with E-state index in [9.17, 15) is 19.1 Å². The Kier molecular flexibility index (Phi) is 5.93. The minimum atomic E-state index is -1.09. The Balaban J connectivity index is 1.63. The van der Waals surface area contributed by atoms with Crippen molar-refractivity contribution in [3.05, 3.63) is 77.1 Å². The second kappa shape index (κ2) is 8.55. The van der Waals surface area contributed by atoms with E-state index in [0.717, 1.165) is 5.56 Å². The zero-order valence-corrected chi connectivity index (χ0v) is 15.1. The number of nitrogens with zero attached hydrogens (tertiary/aromatic N) is 1. The lowest BCUT2D eigenvalue weighted by Crippen LogP contribution is -2.43. The van der Waals surface area contributed by atoms with Gasteiger partial charge in [-0.3, -0.25) is 4.79 Å². The Bertz CT molecular complexity index is 943. The topological polar surface area (TPSA) is 79.3 Å². The van der Waals surface area contributed by atoms with Crippen molar-refractivity contribution in [2.45, 2.75) is 18.9 Å². The number of hydrogen-bond acceptors (Lipinski definition) is 4. The molecule has 138 valence electrons. The number of halogens is 1. The highest BCUT2D eigenvalue weighted by Gasteiger charge is 2.21. The van der Waals surface area contributed by atoms with E-state index < -0.39 is 17.9 Å². The molecule has 3 rings (SSSR count). The SMILES string of the molecule is O=C(Cc1csc(-c2cccc(F)c2)n1)N[C@@H](Cc1ccccc1)C(=O)O. The molecule has 0 saturated heterocycles. The molecule has 7 heteroatoms. The number of aromatic nitrogens is 1. The van der Waals surface area contributed by atoms with E-state index in [-0.39, 0.29) is 18.7 Å². The number of aliphatic carboxylic acids is 1. The number of carboxylic acid groups (broad SMARTS) is 1. The van der Waals surface area contributed by atoms with Crippen LogP contribution in [0, 0.1) is 5.82 Å². The standard InChI is InChI=1S/C20H17FN2O3S/c21-15-8-4-7-14(10-15)19-22-16(12-27-19)11-18(24)23-17(20(25)26)9-13-5-2-1-3-6-13/h1-8,10,12,17H,9,11H2,(H,23,24)(H,25,26)/t17-/m0/s1. The third kappa shape index (κ3) is 5.21. The van der Waals surface area contributed by atoms with Crippen molar-refractivity contribution in [3.8, 4) is 10.6 Å². The quantitative estimate of drug-likeness (QED) is 0.655. The first kappa shape index (κ1) is 18.7. The molecule has 1 atom stereocenters. The first-order valence-corrected chi connectivity index (χ1v) is 9.15. The van der Waals surface area contributed by atoms with Gasteiger partial charge in [0.05, 0.1) is 12.1 Å². The Morgan fingerprint density at radius 3 is 2.63 bits per heavy atom. The number of rotatable bonds is 7. The molecular formula is C20H17FN2O3S. The molecule has 5 nitrogen and oxygen atoms in total. The normalized spacial score (nSPS) is 11.7. The summed E-state index contributed by atoms with van der Waals surface area (Å²) in [7, 11) is 0. The van der Waals surface area contributed by atoms with Crippen LogP contribution in [0.1, 0.15) is 11.3 Å². The van der Waals surface area contributed by atoms with Gasteiger partial charge in [-0.05, 0) is 17.7 Å². The highest BCUT2D eigenvalue weighted by atomic mass is 32.1. The molecule has 27 heavy (non-hydrogen) atoms. The Labute approximate surface area is 159 Å². The molecule has 0 aliphatic carbocycles. The van der Waals surface area contributed by atoms with Crippen molar-refractivity contribution < 1.29 is 19.1 Å². The minimum absolute atomic E-state index is 0.0373. The van der Waals surface area contributed by atoms with Crippen molar-refractivity contribution in [2.24, 2.45) is 0 Å². The molecule has 2 N–H and O–H groups in total. The van der Waals surface area contributed by atoms with Crippen molar-refractivity contribution >= 4 is 23.2 Å². The van der Waals surface area contributed by atoms with Gasteiger partial charge in [0, 0.05) is 17.4 Å². The van der Waals surface area contributed by atoms with Crippen LogP contribution < -0.4 is 5.32 Å². The van der Waals surface area contributed by atoms with E-state index in [1.807, 2.05) is 30.3 Å². The van der Waals surface area contributed by atoms with Crippen molar-refractivity contribution in [1.29, 1.82) is 0 Å². The molecule has 1 aromatic heterocycles. The third-order valence-electron chi connectivity index (χ3n) is 3.88. The van der Waals surface area contributed by atoms with Crippen LogP contribution in [-0.2, 0) is 22.4 Å². The molecule has 2 aromatic carbocycles. The highest BCUT2D eigenvalue weighted by Crippen LogP contribution is 2.24. The van der Waals surface area contributed by atoms with Gasteiger partial charge in [0.15, 0.2) is 0 Å². The fourth-order valence-corrected chi connectivity index (χ4v) is 3.42. The number of carboxylic acids is 1. The Hall–Kier alpha value is -3.06. The molecule has 0 aliphatic rings. The molecule has 0 fully saturated rings. The average molecular weight is 384 g/mol. The van der Waals surface area contributed by atoms with Crippen LogP contribution in [0.2, 0.25) is 0 Å².